The van der Waals surface area contributed by atoms with Crippen molar-refractivity contribution < 1.29 is 22.7 Å². The number of carbonyl (C=O) groups excluding carboxylic acids is 2. The van der Waals surface area contributed by atoms with E-state index in [2.05, 4.69) is 21.4 Å². The van der Waals surface area contributed by atoms with Crippen LogP contribution in [0.25, 0.3) is 28.2 Å². The van der Waals surface area contributed by atoms with Gasteiger partial charge in [-0.15, -0.1) is 0 Å². The van der Waals surface area contributed by atoms with Crippen molar-refractivity contribution >= 4 is 39.0 Å². The van der Waals surface area contributed by atoms with Gasteiger partial charge in [0.2, 0.25) is 0 Å². The summed E-state index contributed by atoms with van der Waals surface area (Å²) in [5.41, 5.74) is 6.14. The molecule has 0 spiro atoms. The Balaban J connectivity index is 1.52. The Labute approximate surface area is 253 Å². The van der Waals surface area contributed by atoms with Crippen molar-refractivity contribution in [1.29, 1.82) is 0 Å². The molecule has 2 aromatic carbocycles. The number of amides is 2. The van der Waals surface area contributed by atoms with E-state index in [0.717, 1.165) is 57.7 Å². The molecule has 0 bridgehead atoms. The summed E-state index contributed by atoms with van der Waals surface area (Å²) < 4.78 is 36.1. The van der Waals surface area contributed by atoms with Crippen LogP contribution in [0, 0.1) is 0 Å². The lowest BCUT2D eigenvalue weighted by Crippen LogP contribution is -2.48. The van der Waals surface area contributed by atoms with E-state index in [-0.39, 0.29) is 23.7 Å². The van der Waals surface area contributed by atoms with Crippen molar-refractivity contribution in [2.24, 2.45) is 0 Å². The molecule has 228 valence electrons. The minimum absolute atomic E-state index is 0.0170. The summed E-state index contributed by atoms with van der Waals surface area (Å²) in [5, 5.41) is 1.05. The van der Waals surface area contributed by atoms with Gasteiger partial charge in [-0.05, 0) is 61.9 Å². The monoisotopic (exact) mass is 604 g/mol. The van der Waals surface area contributed by atoms with E-state index in [1.807, 2.05) is 43.0 Å². The SMILES string of the molecule is C[C@@H]1CN(C(=O)C2=Cc3ccccc3-c3c(C4CCCCC4)c4ccc(C(=O)NS(=O)(=O)N(C)C)cc4n3C2)C[C@H](C)O1. The third-order valence-corrected chi connectivity index (χ3v) is 10.3. The second kappa shape index (κ2) is 11.6. The number of hydrogen-bond acceptors (Lipinski definition) is 5. The molecular formula is C33H40N4O5S. The Hall–Kier alpha value is -3.47. The van der Waals surface area contributed by atoms with E-state index in [1.54, 1.807) is 12.1 Å². The van der Waals surface area contributed by atoms with E-state index in [0.29, 0.717) is 31.1 Å². The Morgan fingerprint density at radius 3 is 2.37 bits per heavy atom. The molecular weight excluding hydrogens is 564 g/mol. The molecule has 1 saturated heterocycles. The number of ether oxygens (including phenoxy) is 1. The summed E-state index contributed by atoms with van der Waals surface area (Å²) in [6.45, 7) is 5.37. The highest BCUT2D eigenvalue weighted by Gasteiger charge is 2.33. The molecule has 6 rings (SSSR count). The molecule has 2 aliphatic heterocycles. The molecule has 1 aromatic heterocycles. The predicted octanol–water partition coefficient (Wildman–Crippen LogP) is 4.93. The average Bonchev–Trinajstić information content (AvgIpc) is 3.18. The van der Waals surface area contributed by atoms with Gasteiger partial charge < -0.3 is 14.2 Å². The van der Waals surface area contributed by atoms with Crippen molar-refractivity contribution in [3.05, 3.63) is 64.7 Å². The molecule has 3 aromatic rings. The van der Waals surface area contributed by atoms with Crippen molar-refractivity contribution in [3.63, 3.8) is 0 Å². The van der Waals surface area contributed by atoms with Gasteiger partial charge in [-0.2, -0.15) is 12.7 Å². The lowest BCUT2D eigenvalue weighted by atomic mass is 9.81. The topological polar surface area (TPSA) is 101 Å². The maximum Gasteiger partial charge on any atom is 0.303 e. The van der Waals surface area contributed by atoms with Gasteiger partial charge in [0.25, 0.3) is 11.8 Å². The van der Waals surface area contributed by atoms with Crippen LogP contribution in [-0.4, -0.2) is 73.4 Å². The van der Waals surface area contributed by atoms with Crippen molar-refractivity contribution in [2.75, 3.05) is 27.2 Å². The molecule has 1 saturated carbocycles. The highest BCUT2D eigenvalue weighted by molar-refractivity contribution is 7.87. The van der Waals surface area contributed by atoms with Crippen LogP contribution in [0.15, 0.2) is 48.0 Å². The molecule has 10 heteroatoms. The molecule has 1 N–H and O–H groups in total. The smallest absolute Gasteiger partial charge is 0.303 e. The fraction of sp³-hybridized carbons (Fsp3) is 0.455. The zero-order valence-corrected chi connectivity index (χ0v) is 26.1. The molecule has 0 radical (unpaired) electrons. The van der Waals surface area contributed by atoms with Gasteiger partial charge in [-0.3, -0.25) is 9.59 Å². The lowest BCUT2D eigenvalue weighted by molar-refractivity contribution is -0.139. The maximum absolute atomic E-state index is 14.1. The Morgan fingerprint density at radius 2 is 1.67 bits per heavy atom. The summed E-state index contributed by atoms with van der Waals surface area (Å²) in [6, 6.07) is 13.7. The number of nitrogens with one attached hydrogen (secondary N) is 1. The first-order valence-electron chi connectivity index (χ1n) is 15.2. The highest BCUT2D eigenvalue weighted by Crippen LogP contribution is 2.46. The van der Waals surface area contributed by atoms with Gasteiger partial charge in [0.15, 0.2) is 0 Å². The third-order valence-electron chi connectivity index (χ3n) is 8.94. The van der Waals surface area contributed by atoms with Gasteiger partial charge in [0.05, 0.1) is 24.4 Å². The molecule has 2 fully saturated rings. The first-order chi connectivity index (χ1) is 20.5. The van der Waals surface area contributed by atoms with Crippen LogP contribution >= 0.6 is 0 Å². The summed E-state index contributed by atoms with van der Waals surface area (Å²) in [4.78, 5) is 29.2. The lowest BCUT2D eigenvalue weighted by Gasteiger charge is -2.35. The molecule has 3 aliphatic rings. The van der Waals surface area contributed by atoms with Crippen molar-refractivity contribution in [3.8, 4) is 11.3 Å². The number of nitrogens with zero attached hydrogens (tertiary/aromatic N) is 3. The van der Waals surface area contributed by atoms with Crippen LogP contribution in [0.3, 0.4) is 0 Å². The van der Waals surface area contributed by atoms with E-state index < -0.39 is 16.1 Å². The zero-order chi connectivity index (χ0) is 30.5. The first-order valence-corrected chi connectivity index (χ1v) is 16.6. The minimum Gasteiger partial charge on any atom is -0.372 e. The van der Waals surface area contributed by atoms with Gasteiger partial charge >= 0.3 is 10.2 Å². The summed E-state index contributed by atoms with van der Waals surface area (Å²) in [7, 11) is -1.21. The van der Waals surface area contributed by atoms with E-state index >= 15 is 0 Å². The van der Waals surface area contributed by atoms with Crippen LogP contribution in [0.1, 0.15) is 73.4 Å². The third kappa shape index (κ3) is 5.63. The second-order valence-corrected chi connectivity index (χ2v) is 14.2. The highest BCUT2D eigenvalue weighted by atomic mass is 32.2. The Kier molecular flexibility index (Phi) is 7.95. The molecule has 3 heterocycles. The van der Waals surface area contributed by atoms with E-state index in [1.165, 1.54) is 26.1 Å². The van der Waals surface area contributed by atoms with Crippen LogP contribution in [0.5, 0.6) is 0 Å². The zero-order valence-electron chi connectivity index (χ0n) is 25.3. The predicted molar refractivity (Wildman–Crippen MR) is 168 cm³/mol. The fourth-order valence-electron chi connectivity index (χ4n) is 6.96. The van der Waals surface area contributed by atoms with Gasteiger partial charge in [-0.25, -0.2) is 4.72 Å². The second-order valence-electron chi connectivity index (χ2n) is 12.4. The number of hydrogen-bond donors (Lipinski definition) is 1. The van der Waals surface area contributed by atoms with Gasteiger partial charge in [0.1, 0.15) is 0 Å². The number of aromatic nitrogens is 1. The van der Waals surface area contributed by atoms with E-state index in [9.17, 15) is 18.0 Å². The molecule has 2 atom stereocenters. The van der Waals surface area contributed by atoms with Crippen LogP contribution < -0.4 is 4.72 Å². The molecule has 1 aliphatic carbocycles. The van der Waals surface area contributed by atoms with Gasteiger partial charge in [0, 0.05) is 54.8 Å². The quantitative estimate of drug-likeness (QED) is 0.446. The van der Waals surface area contributed by atoms with E-state index in [4.69, 9.17) is 4.74 Å². The number of carbonyl (C=O) groups is 2. The number of benzene rings is 2. The minimum atomic E-state index is -3.96. The largest absolute Gasteiger partial charge is 0.372 e. The molecule has 9 nitrogen and oxygen atoms in total. The first kappa shape index (κ1) is 29.6. The van der Waals surface area contributed by atoms with Crippen LogP contribution in [0.4, 0.5) is 0 Å². The molecule has 43 heavy (non-hydrogen) atoms. The summed E-state index contributed by atoms with van der Waals surface area (Å²) in [5.74, 6) is -0.355. The van der Waals surface area contributed by atoms with Crippen LogP contribution in [-0.2, 0) is 26.3 Å². The number of rotatable bonds is 5. The normalized spacial score (nSPS) is 21.2. The van der Waals surface area contributed by atoms with Crippen molar-refractivity contribution in [1.82, 2.24) is 18.5 Å². The summed E-state index contributed by atoms with van der Waals surface area (Å²) >= 11 is 0. The molecule has 2 amide bonds. The average molecular weight is 605 g/mol. The Bertz CT molecular complexity index is 1710. The number of morpholine rings is 1. The standard InChI is InChI=1S/C33H40N4O5S/c1-21-18-36(19-22(2)42-21)33(39)26-16-24-12-8-9-13-27(24)31-30(23-10-6-5-7-11-23)28-15-14-25(17-29(28)37(31)20-26)32(38)34-43(40,41)35(3)4/h8-9,12-17,21-23H,5-7,10-11,18-20H2,1-4H3,(H,34,38)/t21-,22+. The van der Waals surface area contributed by atoms with Gasteiger partial charge in [-0.1, -0.05) is 49.6 Å². The number of fused-ring (bicyclic) bond motifs is 5. The Morgan fingerprint density at radius 1 is 0.977 bits per heavy atom. The maximum atomic E-state index is 14.1. The summed E-state index contributed by atoms with van der Waals surface area (Å²) in [6.07, 6.45) is 7.64. The van der Waals surface area contributed by atoms with Crippen molar-refractivity contribution in [2.45, 2.75) is 70.6 Å². The molecule has 0 unspecified atom stereocenters. The fourth-order valence-corrected chi connectivity index (χ4v) is 7.50. The van der Waals surface area contributed by atoms with Crippen LogP contribution in [0.2, 0.25) is 0 Å².